The van der Waals surface area contributed by atoms with E-state index in [1.165, 1.54) is 41.4 Å². The van der Waals surface area contributed by atoms with Crippen molar-refractivity contribution in [3.05, 3.63) is 34.3 Å². The van der Waals surface area contributed by atoms with Gasteiger partial charge in [0.2, 0.25) is 10.0 Å². The molecule has 0 bridgehead atoms. The van der Waals surface area contributed by atoms with E-state index in [1.54, 1.807) is 5.38 Å². The molecule has 2 aromatic rings. The summed E-state index contributed by atoms with van der Waals surface area (Å²) in [5.41, 5.74) is 0.261. The van der Waals surface area contributed by atoms with Gasteiger partial charge in [-0.2, -0.15) is 4.31 Å². The van der Waals surface area contributed by atoms with Crippen molar-refractivity contribution in [2.24, 2.45) is 7.05 Å². The van der Waals surface area contributed by atoms with E-state index in [0.717, 1.165) is 24.2 Å². The zero-order valence-electron chi connectivity index (χ0n) is 16.4. The molecule has 1 aliphatic rings. The Kier molecular flexibility index (Phi) is 6.58. The van der Waals surface area contributed by atoms with Crippen molar-refractivity contribution in [2.75, 3.05) is 32.1 Å². The molecular weight excluding hydrogens is 434 g/mol. The Morgan fingerprint density at radius 3 is 2.57 bits per heavy atom. The van der Waals surface area contributed by atoms with E-state index in [1.807, 2.05) is 0 Å². The average molecular weight is 456 g/mol. The molecule has 0 unspecified atom stereocenters. The summed E-state index contributed by atoms with van der Waals surface area (Å²) in [6, 6.07) is 2.77. The molecule has 2 aromatic heterocycles. The first-order valence-electron chi connectivity index (χ1n) is 9.03. The van der Waals surface area contributed by atoms with Crippen molar-refractivity contribution >= 4 is 44.9 Å². The number of anilines is 1. The molecule has 0 saturated carbocycles. The molecule has 1 N–H and O–H groups in total. The topological polar surface area (TPSA) is 124 Å². The minimum absolute atomic E-state index is 0.00398. The summed E-state index contributed by atoms with van der Waals surface area (Å²) in [7, 11) is -0.921. The number of aromatic nitrogens is 1. The van der Waals surface area contributed by atoms with Crippen LogP contribution in [0.3, 0.4) is 0 Å². The molecule has 0 aromatic carbocycles. The molecule has 0 aliphatic carbocycles. The molecule has 12 heteroatoms. The highest BCUT2D eigenvalue weighted by atomic mass is 32.2. The Morgan fingerprint density at radius 2 is 1.90 bits per heavy atom. The molecule has 1 aliphatic heterocycles. The number of hydrogen-bond donors (Lipinski definition) is 1. The van der Waals surface area contributed by atoms with Gasteiger partial charge in [0.15, 0.2) is 6.61 Å². The van der Waals surface area contributed by atoms with Gasteiger partial charge in [-0.1, -0.05) is 0 Å². The lowest BCUT2D eigenvalue weighted by molar-refractivity contribution is -0.119. The Bertz CT molecular complexity index is 1070. The zero-order valence-corrected chi connectivity index (χ0v) is 18.0. The zero-order chi connectivity index (χ0) is 21.9. The Labute approximate surface area is 177 Å². The van der Waals surface area contributed by atoms with E-state index < -0.39 is 34.5 Å². The second-order valence-corrected chi connectivity index (χ2v) is 9.42. The van der Waals surface area contributed by atoms with E-state index in [9.17, 15) is 22.8 Å². The number of methoxy groups -OCH3 is 1. The summed E-state index contributed by atoms with van der Waals surface area (Å²) in [6.07, 6.45) is 2.95. The highest BCUT2D eigenvalue weighted by Gasteiger charge is 2.30. The summed E-state index contributed by atoms with van der Waals surface area (Å²) >= 11 is 1.10. The monoisotopic (exact) mass is 455 g/mol. The first kappa shape index (κ1) is 22.0. The quantitative estimate of drug-likeness (QED) is 0.627. The van der Waals surface area contributed by atoms with Crippen LogP contribution < -0.4 is 5.32 Å². The standard InChI is InChI=1S/C18H21N3O7S2/c1-20-10-12(30(25,26)21-6-3-4-7-21)9-14(20)17(23)28-11-15(22)19-13-5-8-29-16(13)18(24)27-2/h5,8-10H,3-4,6-7,11H2,1-2H3,(H,19,22). The molecule has 3 heterocycles. The SMILES string of the molecule is COC(=O)c1sccc1NC(=O)COC(=O)c1cc(S(=O)(=O)N2CCCC2)cn1C. The van der Waals surface area contributed by atoms with Gasteiger partial charge >= 0.3 is 11.9 Å². The normalized spacial score (nSPS) is 14.5. The van der Waals surface area contributed by atoms with Gasteiger partial charge in [0.05, 0.1) is 12.8 Å². The summed E-state index contributed by atoms with van der Waals surface area (Å²) in [6.45, 7) is 0.301. The summed E-state index contributed by atoms with van der Waals surface area (Å²) in [5.74, 6) is -2.08. The second-order valence-electron chi connectivity index (χ2n) is 6.56. The third kappa shape index (κ3) is 4.55. The van der Waals surface area contributed by atoms with E-state index in [2.05, 4.69) is 10.1 Å². The van der Waals surface area contributed by atoms with Gasteiger partial charge in [-0.05, 0) is 30.4 Å². The first-order chi connectivity index (χ1) is 14.2. The number of aryl methyl sites for hydroxylation is 1. The average Bonchev–Trinajstić information content (AvgIpc) is 3.46. The van der Waals surface area contributed by atoms with E-state index in [4.69, 9.17) is 4.74 Å². The maximum absolute atomic E-state index is 12.6. The molecule has 3 rings (SSSR count). The number of amides is 1. The molecule has 1 saturated heterocycles. The van der Waals surface area contributed by atoms with Crippen LogP contribution in [-0.2, 0) is 31.3 Å². The Morgan fingerprint density at radius 1 is 1.20 bits per heavy atom. The minimum Gasteiger partial charge on any atom is -0.465 e. The fourth-order valence-electron chi connectivity index (χ4n) is 3.01. The van der Waals surface area contributed by atoms with Crippen LogP contribution in [-0.4, -0.2) is 61.9 Å². The number of carbonyl (C=O) groups excluding carboxylic acids is 3. The molecule has 0 spiro atoms. The van der Waals surface area contributed by atoms with Crippen molar-refractivity contribution < 1.29 is 32.3 Å². The number of hydrogen-bond acceptors (Lipinski definition) is 8. The highest BCUT2D eigenvalue weighted by Crippen LogP contribution is 2.24. The van der Waals surface area contributed by atoms with Crippen LogP contribution in [0.15, 0.2) is 28.6 Å². The van der Waals surface area contributed by atoms with Crippen molar-refractivity contribution in [1.29, 1.82) is 0 Å². The van der Waals surface area contributed by atoms with Crippen LogP contribution in [0.5, 0.6) is 0 Å². The minimum atomic E-state index is -3.67. The van der Waals surface area contributed by atoms with E-state index >= 15 is 0 Å². The van der Waals surface area contributed by atoms with E-state index in [0.29, 0.717) is 13.1 Å². The van der Waals surface area contributed by atoms with Gasteiger partial charge in [-0.15, -0.1) is 11.3 Å². The number of ether oxygens (including phenoxy) is 2. The summed E-state index contributed by atoms with van der Waals surface area (Å²) < 4.78 is 37.6. The second kappa shape index (κ2) is 8.98. The fourth-order valence-corrected chi connectivity index (χ4v) is 5.36. The predicted molar refractivity (Wildman–Crippen MR) is 108 cm³/mol. The maximum Gasteiger partial charge on any atom is 0.355 e. The molecule has 1 fully saturated rings. The fraction of sp³-hybridized carbons (Fsp3) is 0.389. The summed E-state index contributed by atoms with van der Waals surface area (Å²) in [5, 5.41) is 4.09. The third-order valence-corrected chi connectivity index (χ3v) is 7.29. The molecule has 30 heavy (non-hydrogen) atoms. The summed E-state index contributed by atoms with van der Waals surface area (Å²) in [4.78, 5) is 36.3. The molecule has 1 amide bonds. The predicted octanol–water partition coefficient (Wildman–Crippen LogP) is 1.45. The van der Waals surface area contributed by atoms with Crippen LogP contribution in [0.2, 0.25) is 0 Å². The molecule has 10 nitrogen and oxygen atoms in total. The maximum atomic E-state index is 12.6. The van der Waals surface area contributed by atoms with Crippen molar-refractivity contribution in [1.82, 2.24) is 8.87 Å². The number of rotatable bonds is 7. The van der Waals surface area contributed by atoms with Crippen molar-refractivity contribution in [3.8, 4) is 0 Å². The van der Waals surface area contributed by atoms with Crippen molar-refractivity contribution in [2.45, 2.75) is 17.7 Å². The van der Waals surface area contributed by atoms with Crippen LogP contribution in [0.1, 0.15) is 33.0 Å². The van der Waals surface area contributed by atoms with Crippen LogP contribution >= 0.6 is 11.3 Å². The molecule has 0 atom stereocenters. The lowest BCUT2D eigenvalue weighted by Gasteiger charge is -2.13. The number of esters is 2. The lowest BCUT2D eigenvalue weighted by atomic mass is 10.4. The van der Waals surface area contributed by atoms with Crippen LogP contribution in [0.4, 0.5) is 5.69 Å². The van der Waals surface area contributed by atoms with Crippen LogP contribution in [0.25, 0.3) is 0 Å². The van der Waals surface area contributed by atoms with Gasteiger partial charge in [0.25, 0.3) is 5.91 Å². The molecule has 162 valence electrons. The Hall–Kier alpha value is -2.70. The number of thiophene rings is 1. The van der Waals surface area contributed by atoms with Crippen molar-refractivity contribution in [3.63, 3.8) is 0 Å². The van der Waals surface area contributed by atoms with Gasteiger partial charge in [-0.25, -0.2) is 18.0 Å². The Balaban J connectivity index is 1.63. The molecular formula is C18H21N3O7S2. The van der Waals surface area contributed by atoms with E-state index in [-0.39, 0.29) is 21.2 Å². The largest absolute Gasteiger partial charge is 0.465 e. The van der Waals surface area contributed by atoms with Gasteiger partial charge in [0.1, 0.15) is 15.5 Å². The first-order valence-corrected chi connectivity index (χ1v) is 11.4. The van der Waals surface area contributed by atoms with Gasteiger partial charge in [-0.3, -0.25) is 4.79 Å². The third-order valence-electron chi connectivity index (χ3n) is 4.54. The number of nitrogens with zero attached hydrogens (tertiary/aromatic N) is 2. The smallest absolute Gasteiger partial charge is 0.355 e. The molecule has 0 radical (unpaired) electrons. The number of nitrogens with one attached hydrogen (secondary N) is 1. The van der Waals surface area contributed by atoms with Gasteiger partial charge < -0.3 is 19.4 Å². The van der Waals surface area contributed by atoms with Crippen LogP contribution in [0, 0.1) is 0 Å². The lowest BCUT2D eigenvalue weighted by Crippen LogP contribution is -2.27. The highest BCUT2D eigenvalue weighted by molar-refractivity contribution is 7.89. The number of carbonyl (C=O) groups is 3. The number of sulfonamides is 1. The van der Waals surface area contributed by atoms with Gasteiger partial charge in [0, 0.05) is 26.3 Å².